The third-order valence-corrected chi connectivity index (χ3v) is 5.12. The van der Waals surface area contributed by atoms with Gasteiger partial charge in [0, 0.05) is 25.6 Å². The highest BCUT2D eigenvalue weighted by atomic mass is 19.4. The number of hydrogen-bond donors (Lipinski definition) is 0. The number of benzene rings is 2. The van der Waals surface area contributed by atoms with Crippen LogP contribution in [0.3, 0.4) is 0 Å². The van der Waals surface area contributed by atoms with Crippen molar-refractivity contribution in [1.29, 1.82) is 0 Å². The Morgan fingerprint density at radius 3 is 2.29 bits per heavy atom. The molecular weight excluding hydrogens is 365 g/mol. The quantitative estimate of drug-likeness (QED) is 0.700. The first-order chi connectivity index (χ1) is 13.3. The topological polar surface area (TPSA) is 23.6 Å². The molecule has 1 aliphatic carbocycles. The summed E-state index contributed by atoms with van der Waals surface area (Å²) in [4.78, 5) is 16.9. The van der Waals surface area contributed by atoms with E-state index in [1.165, 1.54) is 12.1 Å². The van der Waals surface area contributed by atoms with E-state index in [2.05, 4.69) is 0 Å². The molecule has 150 valence electrons. The number of alkyl halides is 3. The summed E-state index contributed by atoms with van der Waals surface area (Å²) in [5.41, 5.74) is 0.626. The summed E-state index contributed by atoms with van der Waals surface area (Å²) in [6, 6.07) is 15.3. The summed E-state index contributed by atoms with van der Waals surface area (Å²) in [5.74, 6) is -0.801. The van der Waals surface area contributed by atoms with Gasteiger partial charge < -0.3 is 9.80 Å². The van der Waals surface area contributed by atoms with Crippen molar-refractivity contribution in [2.75, 3.05) is 27.2 Å². The lowest BCUT2D eigenvalue weighted by molar-refractivity contribution is -0.138. The van der Waals surface area contributed by atoms with E-state index in [-0.39, 0.29) is 23.3 Å². The fourth-order valence-electron chi connectivity index (χ4n) is 3.52. The number of likely N-dealkylation sites (N-methyl/N-ethyl adjacent to an activating group) is 1. The summed E-state index contributed by atoms with van der Waals surface area (Å²) < 4.78 is 40.0. The van der Waals surface area contributed by atoms with Gasteiger partial charge >= 0.3 is 6.18 Å². The molecule has 1 fully saturated rings. The van der Waals surface area contributed by atoms with Crippen LogP contribution < -0.4 is 0 Å². The number of amides is 1. The molecule has 2 unspecified atom stereocenters. The molecule has 6 heteroatoms. The average molecular weight is 390 g/mol. The van der Waals surface area contributed by atoms with Crippen LogP contribution in [0.25, 0.3) is 0 Å². The van der Waals surface area contributed by atoms with Gasteiger partial charge in [0.1, 0.15) is 0 Å². The number of carbonyl (C=O) groups excluding carboxylic acids is 1. The van der Waals surface area contributed by atoms with Gasteiger partial charge in [0.05, 0.1) is 5.56 Å². The predicted octanol–water partition coefficient (Wildman–Crippen LogP) is 4.40. The van der Waals surface area contributed by atoms with Gasteiger partial charge in [-0.05, 0) is 43.6 Å². The highest BCUT2D eigenvalue weighted by Crippen LogP contribution is 2.51. The molecule has 0 heterocycles. The van der Waals surface area contributed by atoms with Crippen molar-refractivity contribution in [2.45, 2.75) is 25.1 Å². The molecule has 0 bridgehead atoms. The lowest BCUT2D eigenvalue weighted by Crippen LogP contribution is -2.37. The maximum absolute atomic E-state index is 13.3. The minimum absolute atomic E-state index is 0.0623. The van der Waals surface area contributed by atoms with Crippen LogP contribution in [-0.2, 0) is 17.5 Å². The second-order valence-electron chi connectivity index (χ2n) is 7.58. The van der Waals surface area contributed by atoms with Gasteiger partial charge in [-0.15, -0.1) is 0 Å². The minimum Gasteiger partial charge on any atom is -0.337 e. The molecule has 1 amide bonds. The molecule has 1 saturated carbocycles. The molecule has 2 aromatic carbocycles. The van der Waals surface area contributed by atoms with Crippen molar-refractivity contribution >= 4 is 5.91 Å². The summed E-state index contributed by atoms with van der Waals surface area (Å²) in [5, 5.41) is 0. The molecule has 0 spiro atoms. The lowest BCUT2D eigenvalue weighted by atomic mass is 10.0. The summed E-state index contributed by atoms with van der Waals surface area (Å²) in [7, 11) is 3.87. The number of hydrogen-bond acceptors (Lipinski definition) is 2. The number of halogens is 3. The lowest BCUT2D eigenvalue weighted by Gasteiger charge is -2.25. The fraction of sp³-hybridized carbons (Fsp3) is 0.409. The van der Waals surface area contributed by atoms with E-state index in [0.29, 0.717) is 26.1 Å². The first-order valence-corrected chi connectivity index (χ1v) is 9.41. The fourth-order valence-corrected chi connectivity index (χ4v) is 3.52. The smallest absolute Gasteiger partial charge is 0.337 e. The Labute approximate surface area is 163 Å². The third kappa shape index (κ3) is 4.93. The van der Waals surface area contributed by atoms with E-state index in [1.54, 1.807) is 11.0 Å². The second-order valence-corrected chi connectivity index (χ2v) is 7.58. The SMILES string of the molecule is CN(C)CCN(Cc1ccccc1)C(=O)C1CC1c1ccccc1C(F)(F)F. The van der Waals surface area contributed by atoms with Crippen LogP contribution >= 0.6 is 0 Å². The van der Waals surface area contributed by atoms with Crippen molar-refractivity contribution in [3.8, 4) is 0 Å². The summed E-state index contributed by atoms with van der Waals surface area (Å²) >= 11 is 0. The molecule has 3 nitrogen and oxygen atoms in total. The Kier molecular flexibility index (Phi) is 6.08. The standard InChI is InChI=1S/C22H25F3N2O/c1-26(2)12-13-27(15-16-8-4-3-5-9-16)21(28)19-14-18(19)17-10-6-7-11-20(17)22(23,24)25/h3-11,18-19H,12-15H2,1-2H3. The Morgan fingerprint density at radius 1 is 1.00 bits per heavy atom. The van der Waals surface area contributed by atoms with Crippen LogP contribution in [-0.4, -0.2) is 42.9 Å². The van der Waals surface area contributed by atoms with Gasteiger partial charge in [0.15, 0.2) is 0 Å². The van der Waals surface area contributed by atoms with Crippen LogP contribution in [0.5, 0.6) is 0 Å². The van der Waals surface area contributed by atoms with Crippen molar-refractivity contribution in [3.63, 3.8) is 0 Å². The Bertz CT molecular complexity index is 805. The molecule has 0 N–H and O–H groups in total. The predicted molar refractivity (Wildman–Crippen MR) is 103 cm³/mol. The van der Waals surface area contributed by atoms with Gasteiger partial charge in [-0.1, -0.05) is 48.5 Å². The van der Waals surface area contributed by atoms with Crippen LogP contribution in [0.2, 0.25) is 0 Å². The molecule has 0 aromatic heterocycles. The van der Waals surface area contributed by atoms with E-state index >= 15 is 0 Å². The molecule has 0 saturated heterocycles. The van der Waals surface area contributed by atoms with Gasteiger partial charge in [-0.25, -0.2) is 0 Å². The highest BCUT2D eigenvalue weighted by Gasteiger charge is 2.49. The van der Waals surface area contributed by atoms with E-state index in [1.807, 2.05) is 49.3 Å². The van der Waals surface area contributed by atoms with Crippen molar-refractivity contribution < 1.29 is 18.0 Å². The minimum atomic E-state index is -4.40. The van der Waals surface area contributed by atoms with Crippen LogP contribution in [0, 0.1) is 5.92 Å². The molecule has 0 radical (unpaired) electrons. The molecule has 2 aromatic rings. The van der Waals surface area contributed by atoms with Gasteiger partial charge in [-0.2, -0.15) is 13.2 Å². The van der Waals surface area contributed by atoms with Gasteiger partial charge in [0.25, 0.3) is 0 Å². The number of nitrogens with zero attached hydrogens (tertiary/aromatic N) is 2. The summed E-state index contributed by atoms with van der Waals surface area (Å²) in [6.07, 6.45) is -3.93. The van der Waals surface area contributed by atoms with Gasteiger partial charge in [-0.3, -0.25) is 4.79 Å². The highest BCUT2D eigenvalue weighted by molar-refractivity contribution is 5.83. The monoisotopic (exact) mass is 390 g/mol. The average Bonchev–Trinajstić information content (AvgIpc) is 3.45. The number of carbonyl (C=O) groups is 1. The number of rotatable bonds is 7. The molecule has 3 rings (SSSR count). The molecule has 28 heavy (non-hydrogen) atoms. The Hall–Kier alpha value is -2.34. The van der Waals surface area contributed by atoms with Gasteiger partial charge in [0.2, 0.25) is 5.91 Å². The largest absolute Gasteiger partial charge is 0.416 e. The van der Waals surface area contributed by atoms with E-state index in [4.69, 9.17) is 0 Å². The van der Waals surface area contributed by atoms with Crippen molar-refractivity contribution in [1.82, 2.24) is 9.80 Å². The van der Waals surface area contributed by atoms with Crippen LogP contribution in [0.15, 0.2) is 54.6 Å². The van der Waals surface area contributed by atoms with E-state index in [0.717, 1.165) is 11.6 Å². The normalized spacial score (nSPS) is 18.9. The second kappa shape index (κ2) is 8.35. The van der Waals surface area contributed by atoms with E-state index in [9.17, 15) is 18.0 Å². The Morgan fingerprint density at radius 2 is 1.64 bits per heavy atom. The maximum atomic E-state index is 13.3. The zero-order valence-electron chi connectivity index (χ0n) is 16.1. The summed E-state index contributed by atoms with van der Waals surface area (Å²) in [6.45, 7) is 1.72. The third-order valence-electron chi connectivity index (χ3n) is 5.12. The van der Waals surface area contributed by atoms with Crippen molar-refractivity contribution in [2.24, 2.45) is 5.92 Å². The molecule has 1 aliphatic rings. The molecule has 0 aliphatic heterocycles. The molecule has 2 atom stereocenters. The maximum Gasteiger partial charge on any atom is 0.416 e. The zero-order valence-corrected chi connectivity index (χ0v) is 16.1. The molecular formula is C22H25F3N2O. The Balaban J connectivity index is 1.76. The first-order valence-electron chi connectivity index (χ1n) is 9.41. The van der Waals surface area contributed by atoms with Crippen LogP contribution in [0.4, 0.5) is 13.2 Å². The first kappa shape index (κ1) is 20.4. The van der Waals surface area contributed by atoms with Crippen LogP contribution in [0.1, 0.15) is 29.0 Å². The zero-order chi connectivity index (χ0) is 20.3. The van der Waals surface area contributed by atoms with Crippen molar-refractivity contribution in [3.05, 3.63) is 71.3 Å². The van der Waals surface area contributed by atoms with E-state index < -0.39 is 11.7 Å².